The van der Waals surface area contributed by atoms with Crippen molar-refractivity contribution in [3.05, 3.63) is 0 Å². The van der Waals surface area contributed by atoms with E-state index >= 15 is 0 Å². The van der Waals surface area contributed by atoms with Gasteiger partial charge in [-0.2, -0.15) is 0 Å². The number of aliphatic hydroxyl groups is 2. The van der Waals surface area contributed by atoms with E-state index in [0.717, 1.165) is 12.8 Å². The van der Waals surface area contributed by atoms with Crippen LogP contribution in [0, 0.1) is 0 Å². The Morgan fingerprint density at radius 2 is 1.36 bits per heavy atom. The smallest absolute Gasteiger partial charge is 0.106 e. The van der Waals surface area contributed by atoms with E-state index in [2.05, 4.69) is 5.32 Å². The molecule has 3 N–H and O–H groups in total. The molecule has 2 atom stereocenters. The third-order valence-corrected chi connectivity index (χ3v) is 1.51. The summed E-state index contributed by atoms with van der Waals surface area (Å²) in [4.78, 5) is 0. The quantitative estimate of drug-likeness (QED) is 0.505. The molecule has 0 fully saturated rings. The van der Waals surface area contributed by atoms with Gasteiger partial charge in [-0.3, -0.25) is 5.32 Å². The van der Waals surface area contributed by atoms with E-state index in [4.69, 9.17) is 0 Å². The Bertz CT molecular complexity index is 78.2. The predicted octanol–water partition coefficient (Wildman–Crippen LogP) is 0.813. The van der Waals surface area contributed by atoms with Crippen molar-refractivity contribution in [2.75, 3.05) is 0 Å². The molecule has 0 aliphatic rings. The highest BCUT2D eigenvalue weighted by molar-refractivity contribution is 4.56. The van der Waals surface area contributed by atoms with Gasteiger partial charge in [0, 0.05) is 0 Å². The van der Waals surface area contributed by atoms with Crippen LogP contribution in [0.4, 0.5) is 0 Å². The maximum absolute atomic E-state index is 9.18. The largest absolute Gasteiger partial charge is 0.379 e. The second-order valence-electron chi connectivity index (χ2n) is 2.78. The van der Waals surface area contributed by atoms with E-state index in [1.165, 1.54) is 0 Å². The SMILES string of the molecule is CCCC(O)NC(O)CCC. The molecule has 0 aromatic carbocycles. The van der Waals surface area contributed by atoms with Crippen LogP contribution in [0.5, 0.6) is 0 Å². The van der Waals surface area contributed by atoms with Crippen molar-refractivity contribution in [3.8, 4) is 0 Å². The second-order valence-corrected chi connectivity index (χ2v) is 2.78. The van der Waals surface area contributed by atoms with Crippen LogP contribution in [0.1, 0.15) is 39.5 Å². The van der Waals surface area contributed by atoms with E-state index in [0.29, 0.717) is 12.8 Å². The summed E-state index contributed by atoms with van der Waals surface area (Å²) < 4.78 is 0. The zero-order valence-electron chi connectivity index (χ0n) is 7.38. The third kappa shape index (κ3) is 6.28. The van der Waals surface area contributed by atoms with Gasteiger partial charge < -0.3 is 10.2 Å². The number of aliphatic hydroxyl groups excluding tert-OH is 2. The van der Waals surface area contributed by atoms with Crippen LogP contribution in [-0.4, -0.2) is 22.7 Å². The van der Waals surface area contributed by atoms with Gasteiger partial charge in [0.15, 0.2) is 0 Å². The lowest BCUT2D eigenvalue weighted by atomic mass is 10.2. The van der Waals surface area contributed by atoms with E-state index < -0.39 is 12.5 Å². The summed E-state index contributed by atoms with van der Waals surface area (Å²) in [5.74, 6) is 0. The molecule has 0 rings (SSSR count). The first-order chi connectivity index (χ1) is 5.20. The van der Waals surface area contributed by atoms with Gasteiger partial charge in [-0.15, -0.1) is 0 Å². The molecule has 0 bridgehead atoms. The van der Waals surface area contributed by atoms with Crippen LogP contribution >= 0.6 is 0 Å². The Labute approximate surface area is 68.4 Å². The minimum Gasteiger partial charge on any atom is -0.379 e. The number of nitrogens with one attached hydrogen (secondary N) is 1. The van der Waals surface area contributed by atoms with Gasteiger partial charge in [0.25, 0.3) is 0 Å². The van der Waals surface area contributed by atoms with Gasteiger partial charge in [-0.05, 0) is 12.8 Å². The molecule has 2 unspecified atom stereocenters. The molecule has 0 aliphatic heterocycles. The van der Waals surface area contributed by atoms with Crippen molar-refractivity contribution in [2.45, 2.75) is 52.0 Å². The number of hydrogen-bond acceptors (Lipinski definition) is 3. The lowest BCUT2D eigenvalue weighted by Crippen LogP contribution is -2.37. The van der Waals surface area contributed by atoms with Crippen LogP contribution in [0.3, 0.4) is 0 Å². The number of rotatable bonds is 6. The number of hydrogen-bond donors (Lipinski definition) is 3. The van der Waals surface area contributed by atoms with Crippen LogP contribution < -0.4 is 5.32 Å². The lowest BCUT2D eigenvalue weighted by Gasteiger charge is -2.16. The second kappa shape index (κ2) is 6.58. The average molecular weight is 161 g/mol. The molecule has 0 saturated heterocycles. The molecule has 0 aromatic rings. The summed E-state index contributed by atoms with van der Waals surface area (Å²) >= 11 is 0. The minimum absolute atomic E-state index is 0.554. The summed E-state index contributed by atoms with van der Waals surface area (Å²) in [6.45, 7) is 3.99. The standard InChI is InChI=1S/C8H19NO2/c1-3-5-7(10)9-8(11)6-4-2/h7-11H,3-6H2,1-2H3. The van der Waals surface area contributed by atoms with Gasteiger partial charge in [-0.1, -0.05) is 26.7 Å². The van der Waals surface area contributed by atoms with Gasteiger partial charge in [0.2, 0.25) is 0 Å². The Balaban J connectivity index is 3.32. The molecule has 0 saturated carbocycles. The normalized spacial score (nSPS) is 16.4. The van der Waals surface area contributed by atoms with Crippen molar-refractivity contribution in [2.24, 2.45) is 0 Å². The summed E-state index contributed by atoms with van der Waals surface area (Å²) in [6, 6.07) is 0. The van der Waals surface area contributed by atoms with E-state index in [1.807, 2.05) is 13.8 Å². The first-order valence-electron chi connectivity index (χ1n) is 4.32. The zero-order valence-corrected chi connectivity index (χ0v) is 7.38. The van der Waals surface area contributed by atoms with Crippen LogP contribution in [0.2, 0.25) is 0 Å². The van der Waals surface area contributed by atoms with Crippen LogP contribution in [-0.2, 0) is 0 Å². The maximum atomic E-state index is 9.18. The molecular weight excluding hydrogens is 142 g/mol. The molecule has 0 amide bonds. The van der Waals surface area contributed by atoms with Crippen molar-refractivity contribution in [1.82, 2.24) is 5.32 Å². The van der Waals surface area contributed by atoms with Gasteiger partial charge in [0.1, 0.15) is 12.5 Å². The fourth-order valence-corrected chi connectivity index (χ4v) is 0.936. The highest BCUT2D eigenvalue weighted by Gasteiger charge is 2.07. The highest BCUT2D eigenvalue weighted by atomic mass is 16.3. The molecule has 0 heterocycles. The summed E-state index contributed by atoms with van der Waals surface area (Å²) in [7, 11) is 0. The Morgan fingerprint density at radius 3 is 1.64 bits per heavy atom. The molecule has 0 radical (unpaired) electrons. The van der Waals surface area contributed by atoms with Crippen LogP contribution in [0.25, 0.3) is 0 Å². The predicted molar refractivity (Wildman–Crippen MR) is 45.0 cm³/mol. The van der Waals surface area contributed by atoms with Crippen molar-refractivity contribution in [3.63, 3.8) is 0 Å². The Hall–Kier alpha value is -0.120. The first-order valence-corrected chi connectivity index (χ1v) is 4.32. The molecule has 0 spiro atoms. The molecular formula is C8H19NO2. The molecule has 0 aromatic heterocycles. The van der Waals surface area contributed by atoms with E-state index in [1.54, 1.807) is 0 Å². The van der Waals surface area contributed by atoms with Crippen molar-refractivity contribution in [1.29, 1.82) is 0 Å². The molecule has 68 valence electrons. The topological polar surface area (TPSA) is 52.5 Å². The van der Waals surface area contributed by atoms with Gasteiger partial charge in [0.05, 0.1) is 0 Å². The zero-order chi connectivity index (χ0) is 8.69. The molecule has 3 heteroatoms. The maximum Gasteiger partial charge on any atom is 0.106 e. The first kappa shape index (κ1) is 10.9. The monoisotopic (exact) mass is 161 g/mol. The van der Waals surface area contributed by atoms with Gasteiger partial charge >= 0.3 is 0 Å². The molecule has 3 nitrogen and oxygen atoms in total. The summed E-state index contributed by atoms with van der Waals surface area (Å²) in [6.07, 6.45) is 2.13. The van der Waals surface area contributed by atoms with Crippen LogP contribution in [0.15, 0.2) is 0 Å². The fourth-order valence-electron chi connectivity index (χ4n) is 0.936. The summed E-state index contributed by atoms with van der Waals surface area (Å²) in [5, 5.41) is 21.0. The van der Waals surface area contributed by atoms with E-state index in [-0.39, 0.29) is 0 Å². The Kier molecular flexibility index (Phi) is 6.51. The highest BCUT2D eigenvalue weighted by Crippen LogP contribution is 1.97. The van der Waals surface area contributed by atoms with Gasteiger partial charge in [-0.25, -0.2) is 0 Å². The van der Waals surface area contributed by atoms with E-state index in [9.17, 15) is 10.2 Å². The summed E-state index contributed by atoms with van der Waals surface area (Å²) in [5.41, 5.74) is 0. The van der Waals surface area contributed by atoms with Crippen molar-refractivity contribution < 1.29 is 10.2 Å². The fraction of sp³-hybridized carbons (Fsp3) is 1.00. The molecule has 11 heavy (non-hydrogen) atoms. The lowest BCUT2D eigenvalue weighted by molar-refractivity contribution is 0.0330. The molecule has 0 aliphatic carbocycles. The average Bonchev–Trinajstić information content (AvgIpc) is 1.87. The van der Waals surface area contributed by atoms with Crippen molar-refractivity contribution >= 4 is 0 Å². The Morgan fingerprint density at radius 1 is 1.00 bits per heavy atom. The third-order valence-electron chi connectivity index (χ3n) is 1.51. The minimum atomic E-state index is -0.554.